The molecule has 0 bridgehead atoms. The first-order valence-corrected chi connectivity index (χ1v) is 11.4. The van der Waals surface area contributed by atoms with E-state index in [-0.39, 0.29) is 30.4 Å². The molecular formula is C24H30BrClN2O3. The Morgan fingerprint density at radius 3 is 2.35 bits per heavy atom. The van der Waals surface area contributed by atoms with Crippen molar-refractivity contribution < 1.29 is 14.3 Å². The van der Waals surface area contributed by atoms with Gasteiger partial charge in [-0.3, -0.25) is 9.59 Å². The quantitative estimate of drug-likeness (QED) is 0.523. The highest BCUT2D eigenvalue weighted by Gasteiger charge is 2.26. The molecule has 5 nitrogen and oxygen atoms in total. The van der Waals surface area contributed by atoms with Gasteiger partial charge >= 0.3 is 0 Å². The summed E-state index contributed by atoms with van der Waals surface area (Å²) in [6, 6.07) is 12.4. The maximum absolute atomic E-state index is 13.1. The second kappa shape index (κ2) is 11.0. The zero-order valence-corrected chi connectivity index (χ0v) is 21.0. The Labute approximate surface area is 198 Å². The molecule has 0 aromatic heterocycles. The molecule has 0 saturated carbocycles. The first-order valence-electron chi connectivity index (χ1n) is 10.3. The highest BCUT2D eigenvalue weighted by Crippen LogP contribution is 2.31. The van der Waals surface area contributed by atoms with Gasteiger partial charge in [0.15, 0.2) is 6.61 Å². The van der Waals surface area contributed by atoms with E-state index in [2.05, 4.69) is 42.0 Å². The van der Waals surface area contributed by atoms with E-state index in [1.165, 1.54) is 4.90 Å². The first kappa shape index (κ1) is 25.2. The van der Waals surface area contributed by atoms with E-state index in [1.54, 1.807) is 19.1 Å². The van der Waals surface area contributed by atoms with Crippen LogP contribution >= 0.6 is 27.5 Å². The van der Waals surface area contributed by atoms with Crippen molar-refractivity contribution in [2.24, 2.45) is 0 Å². The van der Waals surface area contributed by atoms with E-state index >= 15 is 0 Å². The highest BCUT2D eigenvalue weighted by atomic mass is 79.9. The van der Waals surface area contributed by atoms with E-state index in [9.17, 15) is 9.59 Å². The fourth-order valence-corrected chi connectivity index (χ4v) is 3.62. The highest BCUT2D eigenvalue weighted by molar-refractivity contribution is 9.10. The summed E-state index contributed by atoms with van der Waals surface area (Å²) in [4.78, 5) is 27.0. The maximum atomic E-state index is 13.1. The summed E-state index contributed by atoms with van der Waals surface area (Å²) >= 11 is 9.50. The van der Waals surface area contributed by atoms with Gasteiger partial charge in [-0.2, -0.15) is 0 Å². The molecular weight excluding hydrogens is 480 g/mol. The Bertz CT molecular complexity index is 910. The molecule has 0 unspecified atom stereocenters. The predicted molar refractivity (Wildman–Crippen MR) is 128 cm³/mol. The lowest BCUT2D eigenvalue weighted by atomic mass is 9.87. The maximum Gasteiger partial charge on any atom is 0.261 e. The normalized spacial score (nSPS) is 12.2. The molecule has 2 amide bonds. The van der Waals surface area contributed by atoms with Gasteiger partial charge in [0.05, 0.1) is 4.47 Å². The van der Waals surface area contributed by atoms with Crippen LogP contribution in [0, 0.1) is 0 Å². The number of carbonyl (C=O) groups excluding carboxylic acids is 2. The Hall–Kier alpha value is -2.05. The summed E-state index contributed by atoms with van der Waals surface area (Å²) in [5, 5.41) is 3.39. The van der Waals surface area contributed by atoms with Gasteiger partial charge in [-0.05, 0) is 70.6 Å². The van der Waals surface area contributed by atoms with Crippen molar-refractivity contribution in [1.29, 1.82) is 0 Å². The minimum Gasteiger partial charge on any atom is -0.483 e. The van der Waals surface area contributed by atoms with Gasteiger partial charge in [-0.1, -0.05) is 50.6 Å². The van der Waals surface area contributed by atoms with Gasteiger partial charge in [0.1, 0.15) is 11.8 Å². The molecule has 0 aliphatic heterocycles. The second-order valence-electron chi connectivity index (χ2n) is 8.40. The average molecular weight is 510 g/mol. The van der Waals surface area contributed by atoms with Gasteiger partial charge in [0.25, 0.3) is 5.91 Å². The van der Waals surface area contributed by atoms with Gasteiger partial charge < -0.3 is 15.0 Å². The monoisotopic (exact) mass is 508 g/mol. The van der Waals surface area contributed by atoms with Crippen LogP contribution in [0.1, 0.15) is 45.7 Å². The van der Waals surface area contributed by atoms with Crippen molar-refractivity contribution >= 4 is 39.3 Å². The lowest BCUT2D eigenvalue weighted by Gasteiger charge is -2.28. The number of nitrogens with zero attached hydrogens (tertiary/aromatic N) is 1. The van der Waals surface area contributed by atoms with E-state index in [0.29, 0.717) is 17.3 Å². The number of nitrogens with one attached hydrogen (secondary N) is 1. The van der Waals surface area contributed by atoms with Crippen LogP contribution in [0.3, 0.4) is 0 Å². The summed E-state index contributed by atoms with van der Waals surface area (Å²) < 4.78 is 6.59. The molecule has 2 aromatic rings. The van der Waals surface area contributed by atoms with Gasteiger partial charge in [-0.15, -0.1) is 0 Å². The number of likely N-dealkylation sites (N-methyl/N-ethyl adjacent to an activating group) is 1. The summed E-state index contributed by atoms with van der Waals surface area (Å²) in [7, 11) is 0. The van der Waals surface area contributed by atoms with Crippen LogP contribution in [-0.4, -0.2) is 35.9 Å². The van der Waals surface area contributed by atoms with Crippen molar-refractivity contribution in [1.82, 2.24) is 10.2 Å². The third kappa shape index (κ3) is 7.25. The predicted octanol–water partition coefficient (Wildman–Crippen LogP) is 5.33. The largest absolute Gasteiger partial charge is 0.483 e. The van der Waals surface area contributed by atoms with Crippen molar-refractivity contribution in [3.05, 3.63) is 63.1 Å². The van der Waals surface area contributed by atoms with Gasteiger partial charge in [0, 0.05) is 18.1 Å². The molecule has 0 fully saturated rings. The molecule has 0 spiro atoms. The summed E-state index contributed by atoms with van der Waals surface area (Å²) in [6.07, 6.45) is 0. The standard InChI is InChI=1S/C24H30BrClN2O3/c1-6-27-23(30)16(2)28(14-17-7-10-19(26)11-8-17)22(29)15-31-21-12-9-18(13-20(21)25)24(3,4)5/h7-13,16H,6,14-15H2,1-5H3,(H,27,30)/t16-/m0/s1. The Morgan fingerprint density at radius 2 is 1.81 bits per heavy atom. The second-order valence-corrected chi connectivity index (χ2v) is 9.69. The minimum atomic E-state index is -0.640. The fourth-order valence-electron chi connectivity index (χ4n) is 3.00. The van der Waals surface area contributed by atoms with E-state index in [1.807, 2.05) is 37.3 Å². The number of halogens is 2. The molecule has 0 heterocycles. The van der Waals surface area contributed by atoms with Crippen LogP contribution in [-0.2, 0) is 21.5 Å². The van der Waals surface area contributed by atoms with Gasteiger partial charge in [0.2, 0.25) is 5.91 Å². The zero-order chi connectivity index (χ0) is 23.2. The fraction of sp³-hybridized carbons (Fsp3) is 0.417. The van der Waals surface area contributed by atoms with Crippen LogP contribution in [0.15, 0.2) is 46.9 Å². The van der Waals surface area contributed by atoms with Crippen LogP contribution < -0.4 is 10.1 Å². The average Bonchev–Trinajstić information content (AvgIpc) is 2.71. The minimum absolute atomic E-state index is 0.00825. The smallest absolute Gasteiger partial charge is 0.261 e. The molecule has 0 aliphatic carbocycles. The third-order valence-corrected chi connectivity index (χ3v) is 5.81. The van der Waals surface area contributed by atoms with Crippen LogP contribution in [0.25, 0.3) is 0 Å². The topological polar surface area (TPSA) is 58.6 Å². The number of amides is 2. The summed E-state index contributed by atoms with van der Waals surface area (Å²) in [6.45, 7) is 10.6. The molecule has 2 aromatic carbocycles. The SMILES string of the molecule is CCNC(=O)[C@H](C)N(Cc1ccc(Cl)cc1)C(=O)COc1ccc(C(C)(C)C)cc1Br. The Morgan fingerprint density at radius 1 is 1.16 bits per heavy atom. The first-order chi connectivity index (χ1) is 14.5. The molecule has 1 N–H and O–H groups in total. The molecule has 2 rings (SSSR count). The number of hydrogen-bond donors (Lipinski definition) is 1. The number of carbonyl (C=O) groups is 2. The van der Waals surface area contributed by atoms with Crippen molar-refractivity contribution in [3.8, 4) is 5.75 Å². The Kier molecular flexibility index (Phi) is 8.95. The lowest BCUT2D eigenvalue weighted by Crippen LogP contribution is -2.49. The number of benzene rings is 2. The molecule has 0 radical (unpaired) electrons. The zero-order valence-electron chi connectivity index (χ0n) is 18.7. The molecule has 31 heavy (non-hydrogen) atoms. The molecule has 0 saturated heterocycles. The molecule has 0 aliphatic rings. The van der Waals surface area contributed by atoms with Crippen molar-refractivity contribution in [2.75, 3.05) is 13.2 Å². The van der Waals surface area contributed by atoms with Gasteiger partial charge in [-0.25, -0.2) is 0 Å². The van der Waals surface area contributed by atoms with Crippen LogP contribution in [0.5, 0.6) is 5.75 Å². The molecule has 168 valence electrons. The van der Waals surface area contributed by atoms with E-state index < -0.39 is 6.04 Å². The third-order valence-electron chi connectivity index (χ3n) is 4.93. The lowest BCUT2D eigenvalue weighted by molar-refractivity contribution is -0.142. The summed E-state index contributed by atoms with van der Waals surface area (Å²) in [5.74, 6) is 0.0967. The van der Waals surface area contributed by atoms with Crippen LogP contribution in [0.2, 0.25) is 5.02 Å². The van der Waals surface area contributed by atoms with Crippen molar-refractivity contribution in [3.63, 3.8) is 0 Å². The Balaban J connectivity index is 2.16. The number of ether oxygens (including phenoxy) is 1. The molecule has 7 heteroatoms. The van der Waals surface area contributed by atoms with E-state index in [4.69, 9.17) is 16.3 Å². The molecule has 1 atom stereocenters. The van der Waals surface area contributed by atoms with Crippen molar-refractivity contribution in [2.45, 2.75) is 52.6 Å². The van der Waals surface area contributed by atoms with E-state index in [0.717, 1.165) is 15.6 Å². The van der Waals surface area contributed by atoms with Crippen LogP contribution in [0.4, 0.5) is 0 Å². The number of rotatable bonds is 8. The number of hydrogen-bond acceptors (Lipinski definition) is 3. The summed E-state index contributed by atoms with van der Waals surface area (Å²) in [5.41, 5.74) is 2.05.